The van der Waals surface area contributed by atoms with Gasteiger partial charge >= 0.3 is 6.18 Å². The highest BCUT2D eigenvalue weighted by Crippen LogP contribution is 2.32. The maximum Gasteiger partial charge on any atom is 0.416 e. The minimum atomic E-state index is -7.22. The standard InChI is InChI=1S/C24BF20.C13H10F3N2O/c26-5-1(6(27)14(35)21(42)13(5)34)25(2-7(28)15(36)22(43)16(37)8(2)29,3-9(30)17(38)23(44)18(39)10(3)31)4-11(32)19(40)24(45)20(41)12(4)33;14-13(15,16)11-3-1-10(2-4-11)12(19)9-18-7-5-17-6-8-18/h;1-8H,9H2/q-1;+1. The Morgan fingerprint density at radius 2 is 0.641 bits per heavy atom. The Bertz CT molecular complexity index is 2470. The number of nitrogens with zero attached hydrogens (tertiary/aromatic N) is 2. The van der Waals surface area contributed by atoms with Gasteiger partial charge in [0, 0.05) is 5.56 Å². The molecule has 6 aromatic rings. The molecule has 1 heterocycles. The number of carbonyl (C=O) groups is 1. The van der Waals surface area contributed by atoms with Crippen molar-refractivity contribution in [2.45, 2.75) is 12.7 Å². The molecule has 3 nitrogen and oxygen atoms in total. The van der Waals surface area contributed by atoms with Crippen LogP contribution in [0.5, 0.6) is 0 Å². The molecule has 338 valence electrons. The molecule has 0 amide bonds. The van der Waals surface area contributed by atoms with Gasteiger partial charge in [0.2, 0.25) is 12.3 Å². The highest BCUT2D eigenvalue weighted by Gasteiger charge is 2.52. The minimum absolute atomic E-state index is 0.0634. The number of hydrogen-bond donors (Lipinski definition) is 0. The molecular weight excluding hydrogens is 936 g/mol. The van der Waals surface area contributed by atoms with Crippen LogP contribution in [-0.4, -0.2) is 16.9 Å². The second kappa shape index (κ2) is 17.5. The van der Waals surface area contributed by atoms with Crippen LogP contribution < -0.4 is 26.4 Å². The molecule has 0 aliphatic rings. The molecule has 0 N–H and O–H groups in total. The molecule has 1 aromatic heterocycles. The van der Waals surface area contributed by atoms with E-state index >= 15 is 35.1 Å². The van der Waals surface area contributed by atoms with Gasteiger partial charge in [-0.2, -0.15) is 17.7 Å². The lowest BCUT2D eigenvalue weighted by Gasteiger charge is -2.44. The van der Waals surface area contributed by atoms with Crippen LogP contribution in [0.4, 0.5) is 101 Å². The Labute approximate surface area is 338 Å². The largest absolute Gasteiger partial charge is 0.416 e. The van der Waals surface area contributed by atoms with Gasteiger partial charge in [0.05, 0.1) is 18.0 Å². The molecule has 0 saturated carbocycles. The van der Waals surface area contributed by atoms with E-state index in [9.17, 15) is 70.7 Å². The van der Waals surface area contributed by atoms with Crippen LogP contribution in [-0.2, 0) is 12.7 Å². The first-order valence-electron chi connectivity index (χ1n) is 16.4. The summed E-state index contributed by atoms with van der Waals surface area (Å²) in [6.45, 7) is 0.0634. The summed E-state index contributed by atoms with van der Waals surface area (Å²) in [5, 5.41) is 0. The van der Waals surface area contributed by atoms with Gasteiger partial charge in [-0.25, -0.2) is 87.8 Å². The maximum atomic E-state index is 15.4. The Kier molecular flexibility index (Phi) is 13.2. The fraction of sp³-hybridized carbons (Fsp3) is 0.0541. The third kappa shape index (κ3) is 7.72. The number of aromatic nitrogens is 2. The summed E-state index contributed by atoms with van der Waals surface area (Å²) in [7, 11) is 0. The first-order chi connectivity index (χ1) is 29.7. The number of ketones is 1. The van der Waals surface area contributed by atoms with Crippen LogP contribution in [0.25, 0.3) is 0 Å². The lowest BCUT2D eigenvalue weighted by molar-refractivity contribution is -0.683. The van der Waals surface area contributed by atoms with E-state index in [0.717, 1.165) is 12.1 Å². The molecule has 5 aromatic carbocycles. The molecule has 0 fully saturated rings. The fourth-order valence-electron chi connectivity index (χ4n) is 6.43. The van der Waals surface area contributed by atoms with E-state index in [4.69, 9.17) is 0 Å². The molecule has 0 aliphatic carbocycles. The van der Waals surface area contributed by atoms with Crippen molar-refractivity contribution in [1.29, 1.82) is 0 Å². The van der Waals surface area contributed by atoms with Crippen LogP contribution in [0.2, 0.25) is 0 Å². The first kappa shape index (κ1) is 48.3. The molecular formula is C37H10BF23N2O. The monoisotopic (exact) mass is 946 g/mol. The molecule has 27 heteroatoms. The van der Waals surface area contributed by atoms with E-state index in [2.05, 4.69) is 4.98 Å². The lowest BCUT2D eigenvalue weighted by atomic mass is 9.12. The number of Topliss-reactive ketones (excluding diaryl/α,β-unsaturated/α-hetero) is 1. The zero-order valence-electron chi connectivity index (χ0n) is 29.9. The molecule has 64 heavy (non-hydrogen) atoms. The van der Waals surface area contributed by atoms with Crippen molar-refractivity contribution in [1.82, 2.24) is 4.98 Å². The van der Waals surface area contributed by atoms with E-state index < -0.39 is 156 Å². The highest BCUT2D eigenvalue weighted by atomic mass is 19.4. The molecule has 0 saturated heterocycles. The van der Waals surface area contributed by atoms with E-state index in [1.165, 1.54) is 24.5 Å². The SMILES string of the molecule is Fc1c(F)c(F)c([B-](c2c(F)c(F)c(F)c(F)c2F)(c2c(F)c(F)c(F)c(F)c2F)c2c(F)c(F)c(F)c(F)c2F)c(F)c1F.O=C(C[n+]1ccncc1)c1ccc(C(F)(F)F)cc1. The van der Waals surface area contributed by atoms with Crippen LogP contribution in [0, 0.1) is 116 Å². The van der Waals surface area contributed by atoms with Gasteiger partial charge in [-0.1, -0.05) is 12.1 Å². The summed E-state index contributed by atoms with van der Waals surface area (Å²) in [5.41, 5.74) is -14.8. The van der Waals surface area contributed by atoms with Gasteiger partial charge in [-0.3, -0.25) is 9.78 Å². The molecule has 0 radical (unpaired) electrons. The number of halogens is 23. The molecule has 6 rings (SSSR count). The summed E-state index contributed by atoms with van der Waals surface area (Å²) in [4.78, 5) is 15.7. The summed E-state index contributed by atoms with van der Waals surface area (Å²) in [5.74, 6) is -71.7. The quantitative estimate of drug-likeness (QED) is 0.0405. The predicted molar refractivity (Wildman–Crippen MR) is 169 cm³/mol. The zero-order valence-corrected chi connectivity index (χ0v) is 29.9. The smallest absolute Gasteiger partial charge is 0.287 e. The van der Waals surface area contributed by atoms with Crippen molar-refractivity contribution in [3.05, 3.63) is 177 Å². The van der Waals surface area contributed by atoms with Crippen molar-refractivity contribution in [3.63, 3.8) is 0 Å². The van der Waals surface area contributed by atoms with Crippen molar-refractivity contribution in [2.75, 3.05) is 0 Å². The molecule has 0 bridgehead atoms. The van der Waals surface area contributed by atoms with E-state index in [-0.39, 0.29) is 17.9 Å². The topological polar surface area (TPSA) is 33.8 Å². The van der Waals surface area contributed by atoms with Gasteiger partial charge in [0.1, 0.15) is 52.7 Å². The van der Waals surface area contributed by atoms with Crippen molar-refractivity contribution >= 4 is 33.8 Å². The first-order valence-corrected chi connectivity index (χ1v) is 16.4. The van der Waals surface area contributed by atoms with Crippen molar-refractivity contribution in [2.24, 2.45) is 0 Å². The third-order valence-corrected chi connectivity index (χ3v) is 9.26. The minimum Gasteiger partial charge on any atom is -0.287 e. The Balaban J connectivity index is 0.000000337. The van der Waals surface area contributed by atoms with Gasteiger partial charge in [0.25, 0.3) is 0 Å². The van der Waals surface area contributed by atoms with Crippen LogP contribution in [0.3, 0.4) is 0 Å². The number of hydrogen-bond acceptors (Lipinski definition) is 2. The average molecular weight is 946 g/mol. The predicted octanol–water partition coefficient (Wildman–Crippen LogP) is 8.12. The van der Waals surface area contributed by atoms with E-state index in [1.807, 2.05) is 0 Å². The third-order valence-electron chi connectivity index (χ3n) is 9.26. The van der Waals surface area contributed by atoms with Gasteiger partial charge in [0.15, 0.2) is 82.2 Å². The van der Waals surface area contributed by atoms with Crippen molar-refractivity contribution in [3.8, 4) is 0 Å². The van der Waals surface area contributed by atoms with Gasteiger partial charge < -0.3 is 0 Å². The Hall–Kier alpha value is -6.70. The Morgan fingerprint density at radius 1 is 0.406 bits per heavy atom. The van der Waals surface area contributed by atoms with Crippen LogP contribution >= 0.6 is 0 Å². The second-order valence-electron chi connectivity index (χ2n) is 12.7. The van der Waals surface area contributed by atoms with Gasteiger partial charge in [-0.15, -0.1) is 21.9 Å². The highest BCUT2D eigenvalue weighted by molar-refractivity contribution is 7.20. The summed E-state index contributed by atoms with van der Waals surface area (Å²) in [6.07, 6.45) is -5.32. The number of alkyl halides is 3. The maximum absolute atomic E-state index is 15.4. The second-order valence-corrected chi connectivity index (χ2v) is 12.7. The number of carbonyl (C=O) groups excluding carboxylic acids is 1. The number of benzene rings is 5. The molecule has 0 atom stereocenters. The average Bonchev–Trinajstić information content (AvgIpc) is 3.26. The van der Waals surface area contributed by atoms with Crippen molar-refractivity contribution < 1.29 is 110 Å². The van der Waals surface area contributed by atoms with Gasteiger partial charge in [-0.05, 0) is 12.1 Å². The molecule has 0 unspecified atom stereocenters. The summed E-state index contributed by atoms with van der Waals surface area (Å²) < 4.78 is 333. The zero-order chi connectivity index (χ0) is 48.2. The molecule has 0 spiro atoms. The summed E-state index contributed by atoms with van der Waals surface area (Å²) in [6, 6.07) is 4.19. The number of rotatable bonds is 7. The van der Waals surface area contributed by atoms with E-state index in [0.29, 0.717) is 0 Å². The normalized spacial score (nSPS) is 11.8. The fourth-order valence-corrected chi connectivity index (χ4v) is 6.43. The molecule has 0 aliphatic heterocycles. The van der Waals surface area contributed by atoms with Crippen LogP contribution in [0.1, 0.15) is 15.9 Å². The Morgan fingerprint density at radius 3 is 0.875 bits per heavy atom. The van der Waals surface area contributed by atoms with E-state index in [1.54, 1.807) is 17.0 Å². The lowest BCUT2D eigenvalue weighted by Crippen LogP contribution is -2.81. The summed E-state index contributed by atoms with van der Waals surface area (Å²) >= 11 is 0. The van der Waals surface area contributed by atoms with Crippen LogP contribution in [0.15, 0.2) is 49.1 Å².